The van der Waals surface area contributed by atoms with Crippen molar-refractivity contribution in [3.63, 3.8) is 0 Å². The molecule has 0 aliphatic heterocycles. The van der Waals surface area contributed by atoms with Crippen molar-refractivity contribution < 1.29 is 4.79 Å². The number of hydrogen-bond donors (Lipinski definition) is 1. The summed E-state index contributed by atoms with van der Waals surface area (Å²) >= 11 is 5.86. The van der Waals surface area contributed by atoms with Crippen LogP contribution in [0.15, 0.2) is 12.3 Å². The molecule has 0 unspecified atom stereocenters. The molecule has 15 heavy (non-hydrogen) atoms. The van der Waals surface area contributed by atoms with Gasteiger partial charge in [-0.05, 0) is 25.3 Å². The van der Waals surface area contributed by atoms with Gasteiger partial charge in [0.2, 0.25) is 0 Å². The first-order valence-corrected chi connectivity index (χ1v) is 5.57. The number of hydrogen-bond acceptors (Lipinski definition) is 2. The largest absolute Gasteiger partial charge is 0.344 e. The minimum Gasteiger partial charge on any atom is -0.344 e. The molecule has 1 aliphatic carbocycles. The average molecular weight is 228 g/mol. The summed E-state index contributed by atoms with van der Waals surface area (Å²) in [5, 5.41) is 7.01. The molecule has 1 saturated carbocycles. The third-order valence-corrected chi connectivity index (χ3v) is 3.40. The predicted molar refractivity (Wildman–Crippen MR) is 58.0 cm³/mol. The minimum absolute atomic E-state index is 0.129. The molecule has 0 aromatic carbocycles. The van der Waals surface area contributed by atoms with Crippen LogP contribution in [0.1, 0.15) is 29.8 Å². The van der Waals surface area contributed by atoms with E-state index in [-0.39, 0.29) is 11.4 Å². The molecule has 0 radical (unpaired) electrons. The van der Waals surface area contributed by atoms with Gasteiger partial charge < -0.3 is 5.32 Å². The van der Waals surface area contributed by atoms with Gasteiger partial charge in [-0.3, -0.25) is 9.48 Å². The first kappa shape index (κ1) is 10.5. The van der Waals surface area contributed by atoms with Crippen LogP contribution in [0.2, 0.25) is 0 Å². The summed E-state index contributed by atoms with van der Waals surface area (Å²) in [4.78, 5) is 11.8. The Labute approximate surface area is 93.6 Å². The molecule has 0 saturated heterocycles. The topological polar surface area (TPSA) is 46.9 Å². The summed E-state index contributed by atoms with van der Waals surface area (Å²) in [6.45, 7) is 0. The number of alkyl halides is 1. The number of nitrogens with one attached hydrogen (secondary N) is 1. The monoisotopic (exact) mass is 227 g/mol. The standard InChI is InChI=1S/C10H14ClN3O/c1-14-6-3-8(13-14)9(15)12-10(7-11)4-2-5-10/h3,6H,2,4-5,7H2,1H3,(H,12,15). The molecule has 1 aliphatic rings. The van der Waals surface area contributed by atoms with E-state index in [1.807, 2.05) is 0 Å². The maximum absolute atomic E-state index is 11.8. The molecular formula is C10H14ClN3O. The Bertz CT molecular complexity index is 365. The number of carbonyl (C=O) groups is 1. The number of halogens is 1. The summed E-state index contributed by atoms with van der Waals surface area (Å²) in [5.41, 5.74) is 0.268. The molecule has 5 heteroatoms. The lowest BCUT2D eigenvalue weighted by Crippen LogP contribution is -2.55. The fourth-order valence-electron chi connectivity index (χ4n) is 1.74. The number of nitrogens with zero attached hydrogens (tertiary/aromatic N) is 2. The Morgan fingerprint density at radius 2 is 2.47 bits per heavy atom. The molecule has 1 amide bonds. The van der Waals surface area contributed by atoms with Crippen LogP contribution in [0.5, 0.6) is 0 Å². The van der Waals surface area contributed by atoms with Crippen molar-refractivity contribution in [1.82, 2.24) is 15.1 Å². The lowest BCUT2D eigenvalue weighted by atomic mass is 9.78. The van der Waals surface area contributed by atoms with Crippen LogP contribution in [0.25, 0.3) is 0 Å². The lowest BCUT2D eigenvalue weighted by molar-refractivity contribution is 0.0848. The summed E-state index contributed by atoms with van der Waals surface area (Å²) < 4.78 is 1.61. The predicted octanol–water partition coefficient (Wildman–Crippen LogP) is 1.31. The highest BCUT2D eigenvalue weighted by Crippen LogP contribution is 2.32. The van der Waals surface area contributed by atoms with E-state index in [2.05, 4.69) is 10.4 Å². The van der Waals surface area contributed by atoms with Gasteiger partial charge in [0.1, 0.15) is 5.69 Å². The molecule has 4 nitrogen and oxygen atoms in total. The molecule has 1 heterocycles. The van der Waals surface area contributed by atoms with Crippen LogP contribution < -0.4 is 5.32 Å². The number of amides is 1. The normalized spacial score (nSPS) is 18.3. The minimum atomic E-state index is -0.184. The first-order valence-electron chi connectivity index (χ1n) is 5.03. The van der Waals surface area contributed by atoms with Gasteiger partial charge in [-0.2, -0.15) is 5.10 Å². The number of aryl methyl sites for hydroxylation is 1. The van der Waals surface area contributed by atoms with E-state index in [1.165, 1.54) is 0 Å². The maximum atomic E-state index is 11.8. The zero-order valence-electron chi connectivity index (χ0n) is 8.66. The van der Waals surface area contributed by atoms with Crippen LogP contribution >= 0.6 is 11.6 Å². The van der Waals surface area contributed by atoms with Crippen LogP contribution in [-0.2, 0) is 7.05 Å². The van der Waals surface area contributed by atoms with Crippen molar-refractivity contribution in [3.8, 4) is 0 Å². The van der Waals surface area contributed by atoms with E-state index in [1.54, 1.807) is 24.0 Å². The summed E-state index contributed by atoms with van der Waals surface area (Å²) in [6, 6.07) is 1.70. The molecule has 0 spiro atoms. The van der Waals surface area contributed by atoms with Gasteiger partial charge in [0.25, 0.3) is 5.91 Å². The fraction of sp³-hybridized carbons (Fsp3) is 0.600. The highest BCUT2D eigenvalue weighted by atomic mass is 35.5. The van der Waals surface area contributed by atoms with E-state index in [9.17, 15) is 4.79 Å². The first-order chi connectivity index (χ1) is 7.15. The molecule has 1 N–H and O–H groups in total. The SMILES string of the molecule is Cn1ccc(C(=O)NC2(CCl)CCC2)n1. The highest BCUT2D eigenvalue weighted by Gasteiger charge is 2.37. The third kappa shape index (κ3) is 2.00. The van der Waals surface area contributed by atoms with Gasteiger partial charge in [0, 0.05) is 19.1 Å². The van der Waals surface area contributed by atoms with Crippen LogP contribution in [-0.4, -0.2) is 27.1 Å². The van der Waals surface area contributed by atoms with E-state index < -0.39 is 0 Å². The summed E-state index contributed by atoms with van der Waals surface area (Å²) in [5.74, 6) is 0.349. The van der Waals surface area contributed by atoms with Crippen molar-refractivity contribution in [3.05, 3.63) is 18.0 Å². The Morgan fingerprint density at radius 1 is 1.73 bits per heavy atom. The Balaban J connectivity index is 2.03. The quantitative estimate of drug-likeness (QED) is 0.792. The molecule has 1 fully saturated rings. The Morgan fingerprint density at radius 3 is 2.87 bits per heavy atom. The average Bonchev–Trinajstić information content (AvgIpc) is 2.58. The summed E-state index contributed by atoms with van der Waals surface area (Å²) in [7, 11) is 1.79. The lowest BCUT2D eigenvalue weighted by Gasteiger charge is -2.40. The molecule has 82 valence electrons. The second kappa shape index (κ2) is 3.85. The Kier molecular flexibility index (Phi) is 2.69. The van der Waals surface area contributed by atoms with E-state index in [0.717, 1.165) is 19.3 Å². The number of carbonyl (C=O) groups excluding carboxylic acids is 1. The molecular weight excluding hydrogens is 214 g/mol. The fourth-order valence-corrected chi connectivity index (χ4v) is 2.07. The van der Waals surface area contributed by atoms with E-state index in [0.29, 0.717) is 11.6 Å². The Hall–Kier alpha value is -1.03. The second-order valence-corrected chi connectivity index (χ2v) is 4.36. The van der Waals surface area contributed by atoms with Crippen LogP contribution in [0.3, 0.4) is 0 Å². The van der Waals surface area contributed by atoms with Gasteiger partial charge in [0.15, 0.2) is 0 Å². The van der Waals surface area contributed by atoms with Crippen molar-refractivity contribution in [2.45, 2.75) is 24.8 Å². The smallest absolute Gasteiger partial charge is 0.272 e. The number of rotatable bonds is 3. The molecule has 0 atom stereocenters. The second-order valence-electron chi connectivity index (χ2n) is 4.10. The van der Waals surface area contributed by atoms with Crippen molar-refractivity contribution in [1.29, 1.82) is 0 Å². The van der Waals surface area contributed by atoms with Gasteiger partial charge in [0.05, 0.1) is 5.54 Å². The zero-order valence-corrected chi connectivity index (χ0v) is 9.42. The maximum Gasteiger partial charge on any atom is 0.272 e. The van der Waals surface area contributed by atoms with Gasteiger partial charge in [-0.25, -0.2) is 0 Å². The molecule has 0 bridgehead atoms. The molecule has 1 aromatic rings. The third-order valence-electron chi connectivity index (χ3n) is 2.89. The van der Waals surface area contributed by atoms with Crippen molar-refractivity contribution in [2.24, 2.45) is 7.05 Å². The van der Waals surface area contributed by atoms with Crippen LogP contribution in [0.4, 0.5) is 0 Å². The van der Waals surface area contributed by atoms with Crippen molar-refractivity contribution in [2.75, 3.05) is 5.88 Å². The highest BCUT2D eigenvalue weighted by molar-refractivity contribution is 6.19. The van der Waals surface area contributed by atoms with Crippen LogP contribution in [0, 0.1) is 0 Å². The van der Waals surface area contributed by atoms with E-state index >= 15 is 0 Å². The van der Waals surface area contributed by atoms with E-state index in [4.69, 9.17) is 11.6 Å². The number of aromatic nitrogens is 2. The zero-order chi connectivity index (χ0) is 10.9. The molecule has 2 rings (SSSR count). The molecule has 1 aromatic heterocycles. The summed E-state index contributed by atoms with van der Waals surface area (Å²) in [6.07, 6.45) is 4.82. The van der Waals surface area contributed by atoms with Gasteiger partial charge in [-0.1, -0.05) is 0 Å². The van der Waals surface area contributed by atoms with Gasteiger partial charge in [-0.15, -0.1) is 11.6 Å². The van der Waals surface area contributed by atoms with Gasteiger partial charge >= 0.3 is 0 Å². The van der Waals surface area contributed by atoms with Crippen molar-refractivity contribution >= 4 is 17.5 Å².